The van der Waals surface area contributed by atoms with Gasteiger partial charge in [0.25, 0.3) is 0 Å². The molecule has 0 radical (unpaired) electrons. The Morgan fingerprint density at radius 2 is 2.17 bits per heavy atom. The van der Waals surface area contributed by atoms with Gasteiger partial charge < -0.3 is 9.84 Å². The second-order valence-corrected chi connectivity index (χ2v) is 4.75. The van der Waals surface area contributed by atoms with E-state index in [0.29, 0.717) is 18.0 Å². The Morgan fingerprint density at radius 1 is 1.33 bits per heavy atom. The molecule has 1 unspecified atom stereocenters. The van der Waals surface area contributed by atoms with Crippen molar-refractivity contribution in [3.63, 3.8) is 0 Å². The zero-order valence-electron chi connectivity index (χ0n) is 9.88. The number of hydrogen-bond donors (Lipinski definition) is 1. The number of benzene rings is 1. The number of nitrogens with zero attached hydrogens (tertiary/aromatic N) is 2. The number of aliphatic hydroxyl groups is 1. The lowest BCUT2D eigenvalue weighted by atomic mass is 10.1. The molecule has 0 aliphatic carbocycles. The fourth-order valence-electron chi connectivity index (χ4n) is 1.64. The van der Waals surface area contributed by atoms with E-state index in [1.807, 2.05) is 24.3 Å². The van der Waals surface area contributed by atoms with Crippen molar-refractivity contribution in [2.24, 2.45) is 0 Å². The van der Waals surface area contributed by atoms with Crippen molar-refractivity contribution in [2.45, 2.75) is 12.5 Å². The van der Waals surface area contributed by atoms with Crippen LogP contribution in [0.4, 0.5) is 0 Å². The maximum atomic E-state index is 10.1. The van der Waals surface area contributed by atoms with E-state index < -0.39 is 6.10 Å². The molecule has 0 aliphatic rings. The van der Waals surface area contributed by atoms with Crippen LogP contribution in [-0.4, -0.2) is 22.2 Å². The molecule has 1 aromatic heterocycles. The molecule has 2 rings (SSSR count). The third-order valence-corrected chi connectivity index (χ3v) is 3.03. The van der Waals surface area contributed by atoms with Gasteiger partial charge in [-0.3, -0.25) is 0 Å². The van der Waals surface area contributed by atoms with Gasteiger partial charge in [-0.1, -0.05) is 28.1 Å². The lowest BCUT2D eigenvalue weighted by Gasteiger charge is -2.10. The number of aliphatic hydroxyl groups excluding tert-OH is 1. The summed E-state index contributed by atoms with van der Waals surface area (Å²) in [6.07, 6.45) is 1.22. The first-order valence-electron chi connectivity index (χ1n) is 5.47. The van der Waals surface area contributed by atoms with Gasteiger partial charge in [0.2, 0.25) is 5.88 Å². The largest absolute Gasteiger partial charge is 0.481 e. The van der Waals surface area contributed by atoms with E-state index in [1.165, 1.54) is 13.4 Å². The van der Waals surface area contributed by atoms with Gasteiger partial charge in [-0.15, -0.1) is 0 Å². The van der Waals surface area contributed by atoms with Gasteiger partial charge >= 0.3 is 0 Å². The molecule has 1 N–H and O–H groups in total. The second-order valence-electron chi connectivity index (χ2n) is 3.84. The molecule has 0 spiro atoms. The van der Waals surface area contributed by atoms with Crippen LogP contribution in [0.5, 0.6) is 5.88 Å². The average molecular weight is 309 g/mol. The molecule has 94 valence electrons. The van der Waals surface area contributed by atoms with Gasteiger partial charge in [-0.2, -0.15) is 0 Å². The predicted octanol–water partition coefficient (Wildman–Crippen LogP) is 2.52. The van der Waals surface area contributed by atoms with Crippen molar-refractivity contribution in [3.05, 3.63) is 52.4 Å². The minimum atomic E-state index is -0.670. The molecule has 0 saturated carbocycles. The van der Waals surface area contributed by atoms with Crippen molar-refractivity contribution >= 4 is 15.9 Å². The summed E-state index contributed by atoms with van der Waals surface area (Å²) in [6.45, 7) is 0. The van der Waals surface area contributed by atoms with Gasteiger partial charge in [0.1, 0.15) is 12.4 Å². The van der Waals surface area contributed by atoms with Crippen molar-refractivity contribution in [1.29, 1.82) is 0 Å². The second kappa shape index (κ2) is 5.93. The number of aromatic nitrogens is 2. The highest BCUT2D eigenvalue weighted by Gasteiger charge is 2.11. The molecule has 1 atom stereocenters. The van der Waals surface area contributed by atoms with Crippen LogP contribution in [0.15, 0.2) is 41.1 Å². The Morgan fingerprint density at radius 3 is 2.89 bits per heavy atom. The Kier molecular flexibility index (Phi) is 4.28. The third-order valence-electron chi connectivity index (χ3n) is 2.53. The minimum Gasteiger partial charge on any atom is -0.481 e. The number of ether oxygens (including phenoxy) is 1. The van der Waals surface area contributed by atoms with E-state index >= 15 is 0 Å². The van der Waals surface area contributed by atoms with Gasteiger partial charge in [0.05, 0.1) is 12.8 Å². The van der Waals surface area contributed by atoms with Crippen LogP contribution in [-0.2, 0) is 6.42 Å². The van der Waals surface area contributed by atoms with Gasteiger partial charge in [-0.25, -0.2) is 9.97 Å². The highest BCUT2D eigenvalue weighted by atomic mass is 79.9. The van der Waals surface area contributed by atoms with Gasteiger partial charge in [0, 0.05) is 17.0 Å². The monoisotopic (exact) mass is 308 g/mol. The minimum absolute atomic E-state index is 0.452. The third kappa shape index (κ3) is 3.27. The van der Waals surface area contributed by atoms with E-state index in [0.717, 1.165) is 10.0 Å². The normalized spacial score (nSPS) is 12.2. The van der Waals surface area contributed by atoms with Crippen LogP contribution in [0.2, 0.25) is 0 Å². The zero-order chi connectivity index (χ0) is 13.0. The first kappa shape index (κ1) is 13.0. The number of halogens is 1. The fourth-order valence-corrected chi connectivity index (χ4v) is 2.09. The van der Waals surface area contributed by atoms with Gasteiger partial charge in [0.15, 0.2) is 0 Å². The molecule has 0 aliphatic heterocycles. The summed E-state index contributed by atoms with van der Waals surface area (Å²) >= 11 is 3.40. The van der Waals surface area contributed by atoms with Crippen molar-refractivity contribution in [3.8, 4) is 5.88 Å². The lowest BCUT2D eigenvalue weighted by molar-refractivity contribution is 0.172. The first-order chi connectivity index (χ1) is 8.69. The summed E-state index contributed by atoms with van der Waals surface area (Å²) in [5, 5.41) is 10.1. The molecule has 5 heteroatoms. The topological polar surface area (TPSA) is 55.2 Å². The SMILES string of the molecule is COc1cc(C(O)Cc2cccc(Br)c2)ncn1. The highest BCUT2D eigenvalue weighted by molar-refractivity contribution is 9.10. The molecule has 1 aromatic carbocycles. The van der Waals surface area contributed by atoms with Crippen LogP contribution >= 0.6 is 15.9 Å². The summed E-state index contributed by atoms with van der Waals surface area (Å²) in [6, 6.07) is 9.47. The van der Waals surface area contributed by atoms with Crippen LogP contribution in [0.1, 0.15) is 17.4 Å². The van der Waals surface area contributed by atoms with Crippen LogP contribution in [0, 0.1) is 0 Å². The summed E-state index contributed by atoms with van der Waals surface area (Å²) in [5.41, 5.74) is 1.59. The van der Waals surface area contributed by atoms with Crippen molar-refractivity contribution in [1.82, 2.24) is 9.97 Å². The molecule has 2 aromatic rings. The quantitative estimate of drug-likeness (QED) is 0.943. The van der Waals surface area contributed by atoms with E-state index in [9.17, 15) is 5.11 Å². The van der Waals surface area contributed by atoms with E-state index in [4.69, 9.17) is 4.74 Å². The standard InChI is InChI=1S/C13H13BrN2O2/c1-18-13-7-11(15-8-16-13)12(17)6-9-3-2-4-10(14)5-9/h2-5,7-8,12,17H,6H2,1H3. The molecule has 4 nitrogen and oxygen atoms in total. The first-order valence-corrected chi connectivity index (χ1v) is 6.27. The zero-order valence-corrected chi connectivity index (χ0v) is 11.5. The Hall–Kier alpha value is -1.46. The maximum Gasteiger partial charge on any atom is 0.216 e. The lowest BCUT2D eigenvalue weighted by Crippen LogP contribution is -2.05. The highest BCUT2D eigenvalue weighted by Crippen LogP contribution is 2.20. The molecular weight excluding hydrogens is 296 g/mol. The van der Waals surface area contributed by atoms with Crippen LogP contribution < -0.4 is 4.74 Å². The summed E-state index contributed by atoms with van der Waals surface area (Å²) < 4.78 is 6.00. The molecule has 0 saturated heterocycles. The summed E-state index contributed by atoms with van der Waals surface area (Å²) in [5.74, 6) is 0.452. The number of methoxy groups -OCH3 is 1. The van der Waals surface area contributed by atoms with Crippen molar-refractivity contribution in [2.75, 3.05) is 7.11 Å². The molecular formula is C13H13BrN2O2. The molecule has 18 heavy (non-hydrogen) atoms. The van der Waals surface area contributed by atoms with E-state index in [-0.39, 0.29) is 0 Å². The average Bonchev–Trinajstić information content (AvgIpc) is 2.39. The molecule has 1 heterocycles. The number of hydrogen-bond acceptors (Lipinski definition) is 4. The van der Waals surface area contributed by atoms with Crippen molar-refractivity contribution < 1.29 is 9.84 Å². The molecule has 0 bridgehead atoms. The summed E-state index contributed by atoms with van der Waals surface area (Å²) in [4.78, 5) is 7.96. The number of rotatable bonds is 4. The molecule has 0 fully saturated rings. The van der Waals surface area contributed by atoms with E-state index in [1.54, 1.807) is 6.07 Å². The molecule has 0 amide bonds. The smallest absolute Gasteiger partial charge is 0.216 e. The fraction of sp³-hybridized carbons (Fsp3) is 0.231. The summed E-state index contributed by atoms with van der Waals surface area (Å²) in [7, 11) is 1.53. The Bertz CT molecular complexity index is 534. The predicted molar refractivity (Wildman–Crippen MR) is 71.4 cm³/mol. The Balaban J connectivity index is 2.13. The van der Waals surface area contributed by atoms with E-state index in [2.05, 4.69) is 25.9 Å². The van der Waals surface area contributed by atoms with Crippen LogP contribution in [0.3, 0.4) is 0 Å². The van der Waals surface area contributed by atoms with Crippen LogP contribution in [0.25, 0.3) is 0 Å². The Labute approximate surface area is 114 Å². The van der Waals surface area contributed by atoms with Gasteiger partial charge in [-0.05, 0) is 17.7 Å². The maximum absolute atomic E-state index is 10.1.